The number of carbonyl (C=O) groups is 1. The van der Waals surface area contributed by atoms with E-state index >= 15 is 0 Å². The van der Waals surface area contributed by atoms with Gasteiger partial charge in [-0.05, 0) is 101 Å². The Bertz CT molecular complexity index is 1020. The van der Waals surface area contributed by atoms with Crippen molar-refractivity contribution in [1.29, 1.82) is 0 Å². The molecule has 0 bridgehead atoms. The highest BCUT2D eigenvalue weighted by molar-refractivity contribution is 5.97. The van der Waals surface area contributed by atoms with Gasteiger partial charge in [-0.2, -0.15) is 0 Å². The van der Waals surface area contributed by atoms with Gasteiger partial charge < -0.3 is 16.0 Å². The van der Waals surface area contributed by atoms with Crippen molar-refractivity contribution in [1.82, 2.24) is 10.3 Å². The lowest BCUT2D eigenvalue weighted by Crippen LogP contribution is -2.41. The zero-order valence-corrected chi connectivity index (χ0v) is 20.4. The second-order valence-electron chi connectivity index (χ2n) is 9.54. The van der Waals surface area contributed by atoms with E-state index in [0.29, 0.717) is 18.6 Å². The molecular weight excluding hydrogens is 408 g/mol. The van der Waals surface area contributed by atoms with Crippen molar-refractivity contribution in [3.63, 3.8) is 0 Å². The number of fused-ring (bicyclic) bond motifs is 2. The number of nitrogens with zero attached hydrogens (tertiary/aromatic N) is 2. The molecule has 176 valence electrons. The molecule has 0 spiro atoms. The Hall–Kier alpha value is -2.66. The second kappa shape index (κ2) is 10.5. The fourth-order valence-corrected chi connectivity index (χ4v) is 5.53. The van der Waals surface area contributed by atoms with Crippen LogP contribution in [0.15, 0.2) is 36.4 Å². The van der Waals surface area contributed by atoms with E-state index in [9.17, 15) is 4.79 Å². The number of hydrogen-bond acceptors (Lipinski definition) is 4. The van der Waals surface area contributed by atoms with E-state index in [4.69, 9.17) is 5.73 Å². The Labute approximate surface area is 198 Å². The van der Waals surface area contributed by atoms with Crippen LogP contribution in [-0.4, -0.2) is 29.5 Å². The van der Waals surface area contributed by atoms with E-state index in [1.165, 1.54) is 11.3 Å². The summed E-state index contributed by atoms with van der Waals surface area (Å²) in [5.41, 5.74) is 13.7. The molecule has 1 amide bonds. The van der Waals surface area contributed by atoms with Gasteiger partial charge in [0.1, 0.15) is 0 Å². The number of amides is 1. The van der Waals surface area contributed by atoms with Crippen LogP contribution in [0.2, 0.25) is 0 Å². The van der Waals surface area contributed by atoms with Gasteiger partial charge in [-0.15, -0.1) is 0 Å². The maximum absolute atomic E-state index is 13.4. The van der Waals surface area contributed by atoms with Gasteiger partial charge in [-0.25, -0.2) is 0 Å². The van der Waals surface area contributed by atoms with Crippen LogP contribution in [-0.2, 0) is 19.4 Å². The summed E-state index contributed by atoms with van der Waals surface area (Å²) in [7, 11) is 0. The van der Waals surface area contributed by atoms with E-state index in [2.05, 4.69) is 46.4 Å². The first-order valence-electron chi connectivity index (χ1n) is 12.5. The first-order valence-corrected chi connectivity index (χ1v) is 12.5. The number of rotatable bonds is 3. The molecule has 0 atom stereocenters. The molecule has 1 saturated carbocycles. The number of hydrogen-bond donors (Lipinski definition) is 2. The lowest BCUT2D eigenvalue weighted by atomic mass is 9.89. The molecule has 0 saturated heterocycles. The molecular formula is C28H38N4O. The van der Waals surface area contributed by atoms with Crippen LogP contribution in [0.3, 0.4) is 0 Å². The standard InChI is InChI=1S/C28H38N4O/c1-4-32(23-15-13-22(29)14-16-23)27-12-8-11-25-24(27)10-7-5-6-9-21-17-19(2)31-20(3)26(21)18-30-28(25)33/h5,7-8,11-12,17,22-23H,4,6,9-10,13-16,18,29H2,1-3H3,(H,30,33)/b7-5+/t22-,23+. The van der Waals surface area contributed by atoms with Crippen LogP contribution >= 0.6 is 0 Å². The third-order valence-corrected chi connectivity index (χ3v) is 7.27. The van der Waals surface area contributed by atoms with Crippen molar-refractivity contribution in [3.8, 4) is 0 Å². The van der Waals surface area contributed by atoms with Crippen LogP contribution in [0.25, 0.3) is 0 Å². The van der Waals surface area contributed by atoms with Crippen molar-refractivity contribution in [2.45, 2.75) is 84.3 Å². The fraction of sp³-hybridized carbons (Fsp3) is 0.500. The summed E-state index contributed by atoms with van der Waals surface area (Å²) < 4.78 is 0. The minimum atomic E-state index is -0.00605. The summed E-state index contributed by atoms with van der Waals surface area (Å²) in [6.45, 7) is 7.74. The molecule has 1 aromatic heterocycles. The van der Waals surface area contributed by atoms with Gasteiger partial charge in [0.05, 0.1) is 0 Å². The minimum Gasteiger partial charge on any atom is -0.369 e. The number of carbonyl (C=O) groups excluding carboxylic acids is 1. The van der Waals surface area contributed by atoms with E-state index in [1.807, 2.05) is 26.0 Å². The average Bonchev–Trinajstić information content (AvgIpc) is 2.79. The summed E-state index contributed by atoms with van der Waals surface area (Å²) in [5, 5.41) is 3.20. The van der Waals surface area contributed by atoms with E-state index in [-0.39, 0.29) is 5.91 Å². The lowest BCUT2D eigenvalue weighted by molar-refractivity contribution is 0.0950. The number of pyridine rings is 1. The molecule has 5 heteroatoms. The van der Waals surface area contributed by atoms with Gasteiger partial charge in [0, 0.05) is 47.8 Å². The van der Waals surface area contributed by atoms with Crippen molar-refractivity contribution in [2.24, 2.45) is 5.73 Å². The molecule has 1 fully saturated rings. The predicted molar refractivity (Wildman–Crippen MR) is 136 cm³/mol. The van der Waals surface area contributed by atoms with Crippen molar-refractivity contribution in [2.75, 3.05) is 11.4 Å². The molecule has 2 aromatic rings. The number of benzene rings is 1. The monoisotopic (exact) mass is 446 g/mol. The molecule has 5 nitrogen and oxygen atoms in total. The topological polar surface area (TPSA) is 71.2 Å². The van der Waals surface area contributed by atoms with E-state index < -0.39 is 0 Å². The second-order valence-corrected chi connectivity index (χ2v) is 9.54. The minimum absolute atomic E-state index is 0.00605. The van der Waals surface area contributed by atoms with Crippen LogP contribution in [0.1, 0.15) is 77.5 Å². The summed E-state index contributed by atoms with van der Waals surface area (Å²) in [5.74, 6) is -0.00605. The van der Waals surface area contributed by atoms with Gasteiger partial charge >= 0.3 is 0 Å². The summed E-state index contributed by atoms with van der Waals surface area (Å²) in [6, 6.07) is 9.17. The molecule has 1 aliphatic heterocycles. The van der Waals surface area contributed by atoms with Gasteiger partial charge in [0.25, 0.3) is 5.91 Å². The zero-order valence-electron chi connectivity index (χ0n) is 20.4. The quantitative estimate of drug-likeness (QED) is 0.666. The predicted octanol–water partition coefficient (Wildman–Crippen LogP) is 4.77. The maximum atomic E-state index is 13.4. The van der Waals surface area contributed by atoms with Gasteiger partial charge in [-0.3, -0.25) is 9.78 Å². The van der Waals surface area contributed by atoms with Crippen LogP contribution < -0.4 is 16.0 Å². The van der Waals surface area contributed by atoms with Gasteiger partial charge in [0.2, 0.25) is 0 Å². The summed E-state index contributed by atoms with van der Waals surface area (Å²) >= 11 is 0. The summed E-state index contributed by atoms with van der Waals surface area (Å²) in [4.78, 5) is 20.6. The number of aryl methyl sites for hydroxylation is 3. The maximum Gasteiger partial charge on any atom is 0.251 e. The average molecular weight is 447 g/mol. The number of nitrogens with one attached hydrogen (secondary N) is 1. The van der Waals surface area contributed by atoms with Gasteiger partial charge in [0.15, 0.2) is 0 Å². The first-order chi connectivity index (χ1) is 16.0. The number of allylic oxidation sites excluding steroid dienone is 2. The Morgan fingerprint density at radius 3 is 2.67 bits per heavy atom. The SMILES string of the molecule is CCN(c1cccc2c1C/C=C/CCc1cc(C)nc(C)c1CNC2=O)[C@H]1CC[C@@H](N)CC1. The molecule has 3 N–H and O–H groups in total. The normalized spacial score (nSPS) is 22.2. The molecule has 4 rings (SSSR count). The van der Waals surface area contributed by atoms with Crippen LogP contribution in [0.5, 0.6) is 0 Å². The lowest BCUT2D eigenvalue weighted by Gasteiger charge is -2.38. The molecule has 1 aromatic carbocycles. The third kappa shape index (κ3) is 5.30. The van der Waals surface area contributed by atoms with Crippen molar-refractivity contribution in [3.05, 3.63) is 70.1 Å². The highest BCUT2D eigenvalue weighted by Gasteiger charge is 2.26. The van der Waals surface area contributed by atoms with Crippen LogP contribution in [0.4, 0.5) is 5.69 Å². The number of anilines is 1. The molecule has 1 aliphatic carbocycles. The third-order valence-electron chi connectivity index (χ3n) is 7.27. The molecule has 2 aliphatic rings. The van der Waals surface area contributed by atoms with Crippen molar-refractivity contribution >= 4 is 11.6 Å². The molecule has 0 radical (unpaired) electrons. The molecule has 0 unspecified atom stereocenters. The zero-order chi connectivity index (χ0) is 23.4. The molecule has 2 heterocycles. The summed E-state index contributed by atoms with van der Waals surface area (Å²) in [6.07, 6.45) is 11.6. The number of aromatic nitrogens is 1. The largest absolute Gasteiger partial charge is 0.369 e. The van der Waals surface area contributed by atoms with Gasteiger partial charge in [-0.1, -0.05) is 18.2 Å². The van der Waals surface area contributed by atoms with E-state index in [0.717, 1.165) is 79.6 Å². The van der Waals surface area contributed by atoms with Crippen LogP contribution in [0, 0.1) is 13.8 Å². The molecule has 33 heavy (non-hydrogen) atoms. The fourth-order valence-electron chi connectivity index (χ4n) is 5.53. The first kappa shape index (κ1) is 23.5. The van der Waals surface area contributed by atoms with Crippen molar-refractivity contribution < 1.29 is 4.79 Å². The Morgan fingerprint density at radius 2 is 1.91 bits per heavy atom. The Balaban J connectivity index is 1.68. The smallest absolute Gasteiger partial charge is 0.251 e. The highest BCUT2D eigenvalue weighted by Crippen LogP contribution is 2.32. The Morgan fingerprint density at radius 1 is 1.12 bits per heavy atom. The highest BCUT2D eigenvalue weighted by atomic mass is 16.1. The Kier molecular flexibility index (Phi) is 7.49. The number of nitrogens with two attached hydrogens (primary N) is 1. The van der Waals surface area contributed by atoms with E-state index in [1.54, 1.807) is 0 Å².